The highest BCUT2D eigenvalue weighted by Crippen LogP contribution is 2.43. The molecule has 1 atom stereocenters. The normalized spacial score (nSPS) is 18.7. The van der Waals surface area contributed by atoms with Gasteiger partial charge in [0.05, 0.1) is 24.0 Å². The molecule has 0 saturated carbocycles. The summed E-state index contributed by atoms with van der Waals surface area (Å²) in [4.78, 5) is 2.40. The molecule has 0 spiro atoms. The number of allylic oxidation sites excluding steroid dienone is 2. The standard InChI is InChI=1S/C22H23N3O/c1-26-19-11-9-18(10-12-19)24-22-17(15-23)6-4-8-21(22)25-14-13-16-5-2-3-7-20(16)25/h4,6-12,16,24H,2-3,5,13-14H2,1H3. The molecule has 1 aliphatic carbocycles. The molecule has 4 nitrogen and oxygen atoms in total. The van der Waals surface area contributed by atoms with Crippen LogP contribution < -0.4 is 15.0 Å². The van der Waals surface area contributed by atoms with Gasteiger partial charge in [-0.2, -0.15) is 5.26 Å². The van der Waals surface area contributed by atoms with E-state index in [1.54, 1.807) is 7.11 Å². The van der Waals surface area contributed by atoms with Crippen LogP contribution in [0.4, 0.5) is 17.1 Å². The molecule has 1 saturated heterocycles. The van der Waals surface area contributed by atoms with Crippen molar-refractivity contribution in [1.29, 1.82) is 5.26 Å². The Bertz CT molecular complexity index is 864. The number of benzene rings is 2. The first-order valence-corrected chi connectivity index (χ1v) is 9.22. The molecule has 0 aromatic heterocycles. The number of ether oxygens (including phenoxy) is 1. The first kappa shape index (κ1) is 16.5. The lowest BCUT2D eigenvalue weighted by molar-refractivity contribution is 0.415. The van der Waals surface area contributed by atoms with Gasteiger partial charge in [0.1, 0.15) is 11.8 Å². The van der Waals surface area contributed by atoms with Gasteiger partial charge in [-0.15, -0.1) is 0 Å². The lowest BCUT2D eigenvalue weighted by Crippen LogP contribution is -2.20. The van der Waals surface area contributed by atoms with Crippen LogP contribution in [0.3, 0.4) is 0 Å². The van der Waals surface area contributed by atoms with E-state index < -0.39 is 0 Å². The summed E-state index contributed by atoms with van der Waals surface area (Å²) in [6, 6.07) is 16.1. The van der Waals surface area contributed by atoms with Crippen molar-refractivity contribution in [3.05, 3.63) is 59.8 Å². The second-order valence-electron chi connectivity index (χ2n) is 6.86. The summed E-state index contributed by atoms with van der Waals surface area (Å²) in [5.74, 6) is 1.49. The predicted octanol–water partition coefficient (Wildman–Crippen LogP) is 5.20. The quantitative estimate of drug-likeness (QED) is 0.827. The highest BCUT2D eigenvalue weighted by Gasteiger charge is 2.31. The molecule has 4 heteroatoms. The van der Waals surface area contributed by atoms with Gasteiger partial charge in [0.25, 0.3) is 0 Å². The Balaban J connectivity index is 1.71. The van der Waals surface area contributed by atoms with Gasteiger partial charge in [0.15, 0.2) is 0 Å². The lowest BCUT2D eigenvalue weighted by Gasteiger charge is -2.28. The number of anilines is 3. The third-order valence-electron chi connectivity index (χ3n) is 5.35. The molecule has 1 heterocycles. The Morgan fingerprint density at radius 1 is 1.15 bits per heavy atom. The van der Waals surface area contributed by atoms with Gasteiger partial charge >= 0.3 is 0 Å². The number of fused-ring (bicyclic) bond motifs is 1. The van der Waals surface area contributed by atoms with Crippen molar-refractivity contribution >= 4 is 17.1 Å². The molecule has 1 unspecified atom stereocenters. The molecule has 4 rings (SSSR count). The molecule has 2 aromatic rings. The minimum absolute atomic E-state index is 0.665. The van der Waals surface area contributed by atoms with Crippen molar-refractivity contribution in [3.63, 3.8) is 0 Å². The first-order valence-electron chi connectivity index (χ1n) is 9.22. The summed E-state index contributed by atoms with van der Waals surface area (Å²) in [6.07, 6.45) is 7.31. The molecule has 2 aliphatic rings. The zero-order valence-corrected chi connectivity index (χ0v) is 15.0. The van der Waals surface area contributed by atoms with Crippen LogP contribution in [0, 0.1) is 17.2 Å². The highest BCUT2D eigenvalue weighted by atomic mass is 16.5. The van der Waals surface area contributed by atoms with E-state index in [-0.39, 0.29) is 0 Å². The van der Waals surface area contributed by atoms with Crippen molar-refractivity contribution in [2.75, 3.05) is 23.9 Å². The number of para-hydroxylation sites is 1. The van der Waals surface area contributed by atoms with Crippen LogP contribution in [0.5, 0.6) is 5.75 Å². The van der Waals surface area contributed by atoms with Crippen LogP contribution in [0.2, 0.25) is 0 Å². The van der Waals surface area contributed by atoms with E-state index >= 15 is 0 Å². The SMILES string of the molecule is COc1ccc(Nc2c(C#N)cccc2N2CCC3CCCC=C32)cc1. The topological polar surface area (TPSA) is 48.3 Å². The van der Waals surface area contributed by atoms with E-state index in [0.717, 1.165) is 35.8 Å². The average molecular weight is 345 g/mol. The van der Waals surface area contributed by atoms with Crippen molar-refractivity contribution < 1.29 is 4.74 Å². The van der Waals surface area contributed by atoms with Crippen molar-refractivity contribution in [1.82, 2.24) is 0 Å². The fourth-order valence-electron chi connectivity index (χ4n) is 4.03. The maximum absolute atomic E-state index is 9.64. The van der Waals surface area contributed by atoms with Crippen LogP contribution in [0.1, 0.15) is 31.2 Å². The first-order chi connectivity index (χ1) is 12.8. The summed E-state index contributed by atoms with van der Waals surface area (Å²) in [5, 5.41) is 13.1. The Hall–Kier alpha value is -2.93. The van der Waals surface area contributed by atoms with Crippen molar-refractivity contribution in [2.24, 2.45) is 5.92 Å². The van der Waals surface area contributed by atoms with Crippen LogP contribution in [-0.4, -0.2) is 13.7 Å². The zero-order valence-electron chi connectivity index (χ0n) is 15.0. The molecule has 1 N–H and O–H groups in total. The molecule has 0 radical (unpaired) electrons. The van der Waals surface area contributed by atoms with Crippen LogP contribution >= 0.6 is 0 Å². The van der Waals surface area contributed by atoms with Gasteiger partial charge in [-0.25, -0.2) is 0 Å². The monoisotopic (exact) mass is 345 g/mol. The number of nitriles is 1. The molecule has 0 bridgehead atoms. The van der Waals surface area contributed by atoms with E-state index in [9.17, 15) is 5.26 Å². The molecule has 2 aromatic carbocycles. The summed E-state index contributed by atoms with van der Waals surface area (Å²) < 4.78 is 5.23. The Morgan fingerprint density at radius 2 is 2.00 bits per heavy atom. The Labute approximate surface area is 154 Å². The minimum Gasteiger partial charge on any atom is -0.497 e. The van der Waals surface area contributed by atoms with E-state index in [2.05, 4.69) is 28.4 Å². The highest BCUT2D eigenvalue weighted by molar-refractivity contribution is 5.82. The van der Waals surface area contributed by atoms with E-state index in [0.29, 0.717) is 11.5 Å². The summed E-state index contributed by atoms with van der Waals surface area (Å²) >= 11 is 0. The average Bonchev–Trinajstić information content (AvgIpc) is 3.13. The molecular formula is C22H23N3O. The number of methoxy groups -OCH3 is 1. The second-order valence-corrected chi connectivity index (χ2v) is 6.86. The molecule has 1 aliphatic heterocycles. The third-order valence-corrected chi connectivity index (χ3v) is 5.35. The van der Waals surface area contributed by atoms with E-state index in [1.165, 1.54) is 25.0 Å². The number of hydrogen-bond acceptors (Lipinski definition) is 4. The zero-order chi connectivity index (χ0) is 17.9. The Kier molecular flexibility index (Phi) is 4.53. The number of nitrogens with one attached hydrogen (secondary N) is 1. The largest absolute Gasteiger partial charge is 0.497 e. The molecule has 0 amide bonds. The third kappa shape index (κ3) is 3.01. The van der Waals surface area contributed by atoms with Crippen LogP contribution in [-0.2, 0) is 0 Å². The van der Waals surface area contributed by atoms with Gasteiger partial charge in [-0.05, 0) is 62.1 Å². The predicted molar refractivity (Wildman–Crippen MR) is 105 cm³/mol. The van der Waals surface area contributed by atoms with Gasteiger partial charge in [0, 0.05) is 23.8 Å². The molecular weight excluding hydrogens is 322 g/mol. The van der Waals surface area contributed by atoms with Crippen molar-refractivity contribution in [3.8, 4) is 11.8 Å². The van der Waals surface area contributed by atoms with Crippen LogP contribution in [0.15, 0.2) is 54.2 Å². The fraction of sp³-hybridized carbons (Fsp3) is 0.318. The van der Waals surface area contributed by atoms with Gasteiger partial charge in [-0.3, -0.25) is 0 Å². The second kappa shape index (κ2) is 7.13. The molecule has 132 valence electrons. The number of hydrogen-bond donors (Lipinski definition) is 1. The number of rotatable bonds is 4. The van der Waals surface area contributed by atoms with E-state index in [4.69, 9.17) is 4.74 Å². The van der Waals surface area contributed by atoms with Gasteiger partial charge < -0.3 is 15.0 Å². The van der Waals surface area contributed by atoms with Crippen LogP contribution in [0.25, 0.3) is 0 Å². The summed E-state index contributed by atoms with van der Waals surface area (Å²) in [7, 11) is 1.66. The summed E-state index contributed by atoms with van der Waals surface area (Å²) in [5.41, 5.74) is 5.02. The van der Waals surface area contributed by atoms with E-state index in [1.807, 2.05) is 36.4 Å². The summed E-state index contributed by atoms with van der Waals surface area (Å²) in [6.45, 7) is 1.02. The van der Waals surface area contributed by atoms with Gasteiger partial charge in [0.2, 0.25) is 0 Å². The lowest BCUT2D eigenvalue weighted by atomic mass is 9.92. The fourth-order valence-corrected chi connectivity index (χ4v) is 4.03. The van der Waals surface area contributed by atoms with Gasteiger partial charge in [-0.1, -0.05) is 12.1 Å². The Morgan fingerprint density at radius 3 is 2.77 bits per heavy atom. The number of nitrogens with zero attached hydrogens (tertiary/aromatic N) is 2. The molecule has 26 heavy (non-hydrogen) atoms. The maximum atomic E-state index is 9.64. The molecule has 1 fully saturated rings. The maximum Gasteiger partial charge on any atom is 0.119 e. The van der Waals surface area contributed by atoms with Crippen molar-refractivity contribution in [2.45, 2.75) is 25.7 Å². The minimum atomic E-state index is 0.665. The smallest absolute Gasteiger partial charge is 0.119 e.